The van der Waals surface area contributed by atoms with E-state index in [1.165, 1.54) is 18.4 Å². The number of nitrogens with zero attached hydrogens (tertiary/aromatic N) is 5. The van der Waals surface area contributed by atoms with Crippen LogP contribution < -0.4 is 10.1 Å². The highest BCUT2D eigenvalue weighted by Gasteiger charge is 2.23. The Kier molecular flexibility index (Phi) is 5.64. The standard InChI is InChI=1S/C24H20N6O3S/c1-14-17(13-30(28-14)24-25-11-12-34-24)18-9-10-19(23(27-18)32-3)26-22(31)20-15(2)33-29-21(20)16-7-5-4-6-8-16/h4-13H,1-3H3,(H,26,31). The molecular formula is C24H20N6O3S. The van der Waals surface area contributed by atoms with Gasteiger partial charge < -0.3 is 14.6 Å². The summed E-state index contributed by atoms with van der Waals surface area (Å²) >= 11 is 1.49. The van der Waals surface area contributed by atoms with Gasteiger partial charge in [0.1, 0.15) is 22.7 Å². The molecule has 1 amide bonds. The third kappa shape index (κ3) is 3.95. The molecule has 4 heterocycles. The molecule has 34 heavy (non-hydrogen) atoms. The monoisotopic (exact) mass is 472 g/mol. The predicted octanol–water partition coefficient (Wildman–Crippen LogP) is 4.92. The molecule has 0 atom stereocenters. The van der Waals surface area contributed by atoms with E-state index in [0.717, 1.165) is 22.0 Å². The van der Waals surface area contributed by atoms with Crippen molar-refractivity contribution in [1.82, 2.24) is 24.9 Å². The SMILES string of the molecule is COc1nc(-c2cn(-c3nccs3)nc2C)ccc1NC(=O)c1c(-c2ccccc2)noc1C. The van der Waals surface area contributed by atoms with Gasteiger partial charge in [0.15, 0.2) is 0 Å². The topological polar surface area (TPSA) is 108 Å². The van der Waals surface area contributed by atoms with Crippen molar-refractivity contribution in [3.05, 3.63) is 77.3 Å². The van der Waals surface area contributed by atoms with Crippen LogP contribution in [0.3, 0.4) is 0 Å². The van der Waals surface area contributed by atoms with Crippen LogP contribution >= 0.6 is 11.3 Å². The van der Waals surface area contributed by atoms with Crippen LogP contribution in [0.15, 0.2) is 64.8 Å². The van der Waals surface area contributed by atoms with Gasteiger partial charge >= 0.3 is 0 Å². The molecule has 0 saturated heterocycles. The van der Waals surface area contributed by atoms with Crippen molar-refractivity contribution in [1.29, 1.82) is 0 Å². The van der Waals surface area contributed by atoms with E-state index in [1.54, 1.807) is 23.9 Å². The van der Waals surface area contributed by atoms with Crippen molar-refractivity contribution >= 4 is 22.9 Å². The average molecular weight is 473 g/mol. The van der Waals surface area contributed by atoms with Gasteiger partial charge in [-0.15, -0.1) is 11.3 Å². The predicted molar refractivity (Wildman–Crippen MR) is 128 cm³/mol. The molecular weight excluding hydrogens is 452 g/mol. The lowest BCUT2D eigenvalue weighted by molar-refractivity contribution is 0.102. The molecule has 0 radical (unpaired) electrons. The minimum Gasteiger partial charge on any atom is -0.479 e. The summed E-state index contributed by atoms with van der Waals surface area (Å²) in [5.41, 5.74) is 4.36. The molecule has 1 aromatic carbocycles. The second kappa shape index (κ2) is 8.91. The van der Waals surface area contributed by atoms with E-state index in [-0.39, 0.29) is 11.8 Å². The number of amides is 1. The number of rotatable bonds is 6. The number of thiazole rings is 1. The second-order valence-corrected chi connectivity index (χ2v) is 8.30. The number of nitrogens with one attached hydrogen (secondary N) is 1. The Morgan fingerprint density at radius 1 is 1.15 bits per heavy atom. The van der Waals surface area contributed by atoms with Crippen molar-refractivity contribution in [2.24, 2.45) is 0 Å². The first-order valence-electron chi connectivity index (χ1n) is 10.4. The number of methoxy groups -OCH3 is 1. The summed E-state index contributed by atoms with van der Waals surface area (Å²) in [5.74, 6) is 0.339. The second-order valence-electron chi connectivity index (χ2n) is 7.42. The number of hydrogen-bond donors (Lipinski definition) is 1. The van der Waals surface area contributed by atoms with E-state index in [9.17, 15) is 4.79 Å². The van der Waals surface area contributed by atoms with E-state index in [1.807, 2.05) is 54.9 Å². The molecule has 4 aromatic heterocycles. The molecule has 0 aliphatic heterocycles. The maximum atomic E-state index is 13.2. The summed E-state index contributed by atoms with van der Waals surface area (Å²) in [5, 5.41) is 14.2. The third-order valence-corrected chi connectivity index (χ3v) is 5.99. The average Bonchev–Trinajstić information content (AvgIpc) is 3.60. The first-order chi connectivity index (χ1) is 16.5. The van der Waals surface area contributed by atoms with Crippen LogP contribution in [0.5, 0.6) is 5.88 Å². The van der Waals surface area contributed by atoms with Gasteiger partial charge in [0.25, 0.3) is 5.91 Å². The van der Waals surface area contributed by atoms with Crippen molar-refractivity contribution in [2.75, 3.05) is 12.4 Å². The molecule has 10 heteroatoms. The number of hydrogen-bond acceptors (Lipinski definition) is 8. The lowest BCUT2D eigenvalue weighted by Gasteiger charge is -2.11. The van der Waals surface area contributed by atoms with E-state index in [4.69, 9.17) is 9.26 Å². The van der Waals surface area contributed by atoms with Gasteiger partial charge in [-0.3, -0.25) is 4.79 Å². The molecule has 0 unspecified atom stereocenters. The number of benzene rings is 1. The summed E-state index contributed by atoms with van der Waals surface area (Å²) in [7, 11) is 1.51. The van der Waals surface area contributed by atoms with Crippen molar-refractivity contribution in [3.63, 3.8) is 0 Å². The minimum atomic E-state index is -0.363. The highest BCUT2D eigenvalue weighted by Crippen LogP contribution is 2.31. The van der Waals surface area contributed by atoms with Crippen LogP contribution in [-0.2, 0) is 0 Å². The van der Waals surface area contributed by atoms with Crippen LogP contribution in [-0.4, -0.2) is 37.9 Å². The molecule has 0 bridgehead atoms. The van der Waals surface area contributed by atoms with Crippen LogP contribution in [0.2, 0.25) is 0 Å². The first-order valence-corrected chi connectivity index (χ1v) is 11.3. The number of ether oxygens (including phenoxy) is 1. The number of pyridine rings is 1. The van der Waals surface area contributed by atoms with Crippen LogP contribution in [0.25, 0.3) is 27.6 Å². The van der Waals surface area contributed by atoms with Gasteiger partial charge in [-0.05, 0) is 26.0 Å². The maximum absolute atomic E-state index is 13.2. The van der Waals surface area contributed by atoms with E-state index < -0.39 is 0 Å². The van der Waals surface area contributed by atoms with E-state index in [2.05, 4.69) is 25.5 Å². The van der Waals surface area contributed by atoms with Gasteiger partial charge in [-0.1, -0.05) is 35.5 Å². The van der Waals surface area contributed by atoms with Crippen LogP contribution in [0.4, 0.5) is 5.69 Å². The molecule has 0 aliphatic rings. The Labute approximate surface area is 199 Å². The zero-order valence-electron chi connectivity index (χ0n) is 18.6. The smallest absolute Gasteiger partial charge is 0.261 e. The molecule has 5 rings (SSSR count). The molecule has 0 spiro atoms. The van der Waals surface area contributed by atoms with Gasteiger partial charge in [0.2, 0.25) is 11.0 Å². The Morgan fingerprint density at radius 3 is 2.71 bits per heavy atom. The van der Waals surface area contributed by atoms with E-state index >= 15 is 0 Å². The number of carbonyl (C=O) groups excluding carboxylic acids is 1. The van der Waals surface area contributed by atoms with Gasteiger partial charge in [-0.2, -0.15) is 5.10 Å². The molecule has 0 saturated carbocycles. The molecule has 170 valence electrons. The maximum Gasteiger partial charge on any atom is 0.261 e. The highest BCUT2D eigenvalue weighted by molar-refractivity contribution is 7.12. The fourth-order valence-electron chi connectivity index (χ4n) is 3.60. The van der Waals surface area contributed by atoms with E-state index in [0.29, 0.717) is 28.4 Å². The summed E-state index contributed by atoms with van der Waals surface area (Å²) in [6.07, 6.45) is 3.61. The summed E-state index contributed by atoms with van der Waals surface area (Å²) < 4.78 is 12.5. The van der Waals surface area contributed by atoms with Gasteiger partial charge in [0.05, 0.1) is 18.5 Å². The lowest BCUT2D eigenvalue weighted by Crippen LogP contribution is -2.14. The number of aryl methyl sites for hydroxylation is 2. The Morgan fingerprint density at radius 2 is 1.97 bits per heavy atom. The van der Waals surface area contributed by atoms with Crippen molar-refractivity contribution in [2.45, 2.75) is 13.8 Å². The summed E-state index contributed by atoms with van der Waals surface area (Å²) in [4.78, 5) is 22.1. The zero-order chi connectivity index (χ0) is 23.7. The fourth-order valence-corrected chi connectivity index (χ4v) is 4.16. The Bertz CT molecular complexity index is 1460. The van der Waals surface area contributed by atoms with Crippen molar-refractivity contribution < 1.29 is 14.1 Å². The molecule has 0 fully saturated rings. The largest absolute Gasteiger partial charge is 0.479 e. The zero-order valence-corrected chi connectivity index (χ0v) is 19.5. The van der Waals surface area contributed by atoms with Crippen LogP contribution in [0, 0.1) is 13.8 Å². The Hall–Kier alpha value is -4.31. The highest BCUT2D eigenvalue weighted by atomic mass is 32.1. The molecule has 0 aliphatic carbocycles. The summed E-state index contributed by atoms with van der Waals surface area (Å²) in [6.45, 7) is 3.61. The normalized spacial score (nSPS) is 10.9. The molecule has 1 N–H and O–H groups in total. The first kappa shape index (κ1) is 21.5. The number of carbonyl (C=O) groups is 1. The van der Waals surface area contributed by atoms with Crippen LogP contribution in [0.1, 0.15) is 21.8 Å². The molecule has 5 aromatic rings. The Balaban J connectivity index is 1.45. The van der Waals surface area contributed by atoms with Crippen molar-refractivity contribution in [3.8, 4) is 33.5 Å². The van der Waals surface area contributed by atoms with Gasteiger partial charge in [-0.25, -0.2) is 14.6 Å². The summed E-state index contributed by atoms with van der Waals surface area (Å²) in [6, 6.07) is 13.0. The number of aromatic nitrogens is 5. The van der Waals surface area contributed by atoms with Gasteiger partial charge in [0, 0.05) is 28.9 Å². The fraction of sp³-hybridized carbons (Fsp3) is 0.125. The minimum absolute atomic E-state index is 0.280. The molecule has 9 nitrogen and oxygen atoms in total. The number of anilines is 1. The quantitative estimate of drug-likeness (QED) is 0.373. The third-order valence-electron chi connectivity index (χ3n) is 5.23. The lowest BCUT2D eigenvalue weighted by atomic mass is 10.1.